The molecule has 1 atom stereocenters. The number of carbonyl (C=O) groups is 4. The van der Waals surface area contributed by atoms with E-state index in [1.165, 1.54) is 59.3 Å². The van der Waals surface area contributed by atoms with Crippen LogP contribution in [0.4, 0.5) is 5.69 Å². The fraction of sp³-hybridized carbons (Fsp3) is 0.380. The summed E-state index contributed by atoms with van der Waals surface area (Å²) in [7, 11) is -1.78. The van der Waals surface area contributed by atoms with Gasteiger partial charge in [-0.15, -0.1) is 0 Å². The Labute approximate surface area is 432 Å². The van der Waals surface area contributed by atoms with Crippen LogP contribution < -0.4 is 26.5 Å². The van der Waals surface area contributed by atoms with Crippen molar-refractivity contribution in [1.82, 2.24) is 20.0 Å². The molecule has 4 aromatic rings. The van der Waals surface area contributed by atoms with Gasteiger partial charge in [0.05, 0.1) is 39.0 Å². The Hall–Kier alpha value is -4.38. The molecule has 0 bridgehead atoms. The molecule has 5 rings (SSSR count). The molecule has 357 valence electrons. The Morgan fingerprint density at radius 2 is 1.21 bits per heavy atom. The first-order valence-corrected chi connectivity index (χ1v) is 24.9. The fourth-order valence-electron chi connectivity index (χ4n) is 8.45. The summed E-state index contributed by atoms with van der Waals surface area (Å²) in [4.78, 5) is 61.7. The summed E-state index contributed by atoms with van der Waals surface area (Å²) in [5.41, 5.74) is 1.62. The maximum atomic E-state index is 12.6. The molecule has 1 aliphatic rings. The van der Waals surface area contributed by atoms with Gasteiger partial charge in [0, 0.05) is 24.8 Å². The van der Waals surface area contributed by atoms with Gasteiger partial charge in [-0.2, -0.15) is 0 Å². The van der Waals surface area contributed by atoms with Crippen molar-refractivity contribution in [3.63, 3.8) is 0 Å². The zero-order valence-corrected chi connectivity index (χ0v) is 41.8. The van der Waals surface area contributed by atoms with Crippen LogP contribution in [0, 0.1) is 39.9 Å². The van der Waals surface area contributed by atoms with Crippen molar-refractivity contribution in [2.24, 2.45) is 0 Å². The molecule has 0 aliphatic carbocycles. The molecule has 14 nitrogen and oxygen atoms in total. The molecule has 17 heteroatoms. The molecule has 0 aromatic heterocycles. The molecule has 67 heavy (non-hydrogen) atoms. The maximum Gasteiger partial charge on any atom is 3.00 e. The van der Waals surface area contributed by atoms with Gasteiger partial charge in [0.2, 0.25) is 0 Å². The predicted octanol–water partition coefficient (Wildman–Crippen LogP) is 6.12. The number of hydrogen-bond acceptors (Lipinski definition) is 10. The van der Waals surface area contributed by atoms with E-state index in [0.29, 0.717) is 11.5 Å². The molecule has 1 aliphatic heterocycles. The number of carboxylic acid groups (broad SMARTS) is 3. The van der Waals surface area contributed by atoms with Crippen molar-refractivity contribution in [2.45, 2.75) is 63.8 Å². The molecule has 1 fully saturated rings. The van der Waals surface area contributed by atoms with Crippen LogP contribution in [0.3, 0.4) is 0 Å². The summed E-state index contributed by atoms with van der Waals surface area (Å²) < 4.78 is 0. The van der Waals surface area contributed by atoms with Crippen molar-refractivity contribution in [1.29, 1.82) is 0 Å². The first kappa shape index (κ1) is 55.2. The molecule has 1 heterocycles. The Kier molecular flexibility index (Phi) is 24.3. The van der Waals surface area contributed by atoms with Gasteiger partial charge in [-0.05, 0) is 92.0 Å². The van der Waals surface area contributed by atoms with Gasteiger partial charge in [-0.3, -0.25) is 34.0 Å². The predicted molar refractivity (Wildman–Crippen MR) is 264 cm³/mol. The maximum absolute atomic E-state index is 12.6. The van der Waals surface area contributed by atoms with Crippen molar-refractivity contribution < 1.29 is 84.2 Å². The number of rotatable bonds is 25. The Balaban J connectivity index is 0.00000980. The normalized spacial score (nSPS) is 14.9. The summed E-state index contributed by atoms with van der Waals surface area (Å²) in [6.45, 7) is 2.33. The third kappa shape index (κ3) is 18.9. The van der Waals surface area contributed by atoms with Gasteiger partial charge in [-0.25, -0.2) is 9.68 Å². The van der Waals surface area contributed by atoms with Crippen molar-refractivity contribution in [2.75, 3.05) is 64.0 Å². The average Bonchev–Trinajstić information content (AvgIpc) is 3.29. The van der Waals surface area contributed by atoms with E-state index >= 15 is 0 Å². The fourth-order valence-corrected chi connectivity index (χ4v) is 13.1. The average molecular weight is 1100 g/mol. The van der Waals surface area contributed by atoms with Crippen LogP contribution in [-0.2, 0) is 35.4 Å². The summed E-state index contributed by atoms with van der Waals surface area (Å²) in [5, 5.41) is 39.9. The second-order valence-electron chi connectivity index (χ2n) is 16.6. The van der Waals surface area contributed by atoms with Gasteiger partial charge in [-0.1, -0.05) is 105 Å². The second-order valence-corrected chi connectivity index (χ2v) is 20.6. The molecule has 5 N–H and O–H groups in total. The van der Waals surface area contributed by atoms with Crippen LogP contribution in [0.1, 0.15) is 56.9 Å². The molecule has 0 spiro atoms. The van der Waals surface area contributed by atoms with Gasteiger partial charge in [0.1, 0.15) is 29.7 Å². The standard InChI is InChI=1S/C50H62N5O9PS.Gd/c1-39-32-55(36-48(60)61)42(33-53(37-49(62)64-63-39)38-54(34-46(56)57)35-47(58)59)31-40-25-27-41(28-26-40)52-50(66)51-29-17-6-4-2-3-5-7-18-30-65(43-19-11-8-12-20-43,44-21-13-9-14-22-44)45-23-15-10-16-24-45;/h8-16,19-28,42H,1-7,17-18,29-38H2,(H4-,51,52,56,57,58,59,60,61,66);/q;+3/p+1. The second kappa shape index (κ2) is 29.5. The topological polar surface area (TPSA) is 181 Å². The van der Waals surface area contributed by atoms with Crippen molar-refractivity contribution in [3.05, 3.63) is 133 Å². The SMILES string of the molecule is C=C1CN(CC(=O)O)C(Cc2ccc(NC(=S)NCCCCCCCCCC[P+](c3ccccc3)(c3ccccc3)c3ccccc3)cc2)CN(CN(CC(=O)O)CC(=O)O)CC(=O)OO1.[Gd+3]. The minimum atomic E-state index is -1.78. The number of nitrogens with one attached hydrogen (secondary N) is 2. The number of thiocarbonyl (C=S) groups is 1. The minimum Gasteiger partial charge on any atom is -0.480 e. The molecule has 4 aromatic carbocycles. The van der Waals surface area contributed by atoms with Crippen LogP contribution >= 0.6 is 19.5 Å². The summed E-state index contributed by atoms with van der Waals surface area (Å²) in [6.07, 6.45) is 10.8. The van der Waals surface area contributed by atoms with Crippen LogP contribution in [0.2, 0.25) is 0 Å². The molecule has 0 saturated carbocycles. The number of carboxylic acids is 3. The number of aliphatic carboxylic acids is 3. The Bertz CT molecular complexity index is 2060. The quantitative estimate of drug-likeness (QED) is 0.0222. The minimum absolute atomic E-state index is 0. The number of benzene rings is 4. The van der Waals surface area contributed by atoms with Crippen molar-refractivity contribution >= 4 is 70.1 Å². The summed E-state index contributed by atoms with van der Waals surface area (Å²) in [6, 6.07) is 40.3. The number of anilines is 1. The monoisotopic (exact) mass is 1100 g/mol. The third-order valence-electron chi connectivity index (χ3n) is 11.4. The van der Waals surface area contributed by atoms with E-state index in [0.717, 1.165) is 41.7 Å². The zero-order valence-electron chi connectivity index (χ0n) is 37.8. The third-order valence-corrected chi connectivity index (χ3v) is 16.2. The van der Waals surface area contributed by atoms with Gasteiger partial charge in [0.25, 0.3) is 0 Å². The van der Waals surface area contributed by atoms with E-state index in [4.69, 9.17) is 22.0 Å². The van der Waals surface area contributed by atoms with E-state index in [-0.39, 0.29) is 72.0 Å². The Morgan fingerprint density at radius 3 is 1.72 bits per heavy atom. The zero-order chi connectivity index (χ0) is 47.2. The first-order chi connectivity index (χ1) is 31.9. The van der Waals surface area contributed by atoms with Gasteiger partial charge >= 0.3 is 63.8 Å². The van der Waals surface area contributed by atoms with Crippen LogP contribution in [-0.4, -0.2) is 124 Å². The number of hydrogen-bond donors (Lipinski definition) is 5. The van der Waals surface area contributed by atoms with E-state index in [1.54, 1.807) is 4.90 Å². The first-order valence-electron chi connectivity index (χ1n) is 22.5. The van der Waals surface area contributed by atoms with Crippen LogP contribution in [0.5, 0.6) is 0 Å². The molecular weight excluding hydrogens is 1030 g/mol. The van der Waals surface area contributed by atoms with Gasteiger partial charge in [0.15, 0.2) is 10.9 Å². The number of carbonyl (C=O) groups excluding carboxylic acids is 1. The van der Waals surface area contributed by atoms with Crippen molar-refractivity contribution in [3.8, 4) is 0 Å². The smallest absolute Gasteiger partial charge is 0.480 e. The van der Waals surface area contributed by atoms with Crippen LogP contribution in [0.25, 0.3) is 0 Å². The molecular formula is C50H63GdN5O9PS+4. The largest absolute Gasteiger partial charge is 3.00 e. The molecule has 1 radical (unpaired) electrons. The summed E-state index contributed by atoms with van der Waals surface area (Å²) >= 11 is 5.58. The van der Waals surface area contributed by atoms with Gasteiger partial charge < -0.3 is 26.0 Å². The molecule has 0 amide bonds. The van der Waals surface area contributed by atoms with E-state index in [9.17, 15) is 34.5 Å². The van der Waals surface area contributed by atoms with Crippen LogP contribution in [0.15, 0.2) is 128 Å². The molecule has 1 saturated heterocycles. The number of unbranched alkanes of at least 4 members (excludes halogenated alkanes) is 7. The number of nitrogens with zero attached hydrogens (tertiary/aromatic N) is 3. The Morgan fingerprint density at radius 1 is 0.701 bits per heavy atom. The van der Waals surface area contributed by atoms with E-state index < -0.39 is 56.8 Å². The summed E-state index contributed by atoms with van der Waals surface area (Å²) in [5.74, 6) is -4.38. The van der Waals surface area contributed by atoms with E-state index in [1.807, 2.05) is 24.3 Å². The molecule has 1 unspecified atom stereocenters. The van der Waals surface area contributed by atoms with E-state index in [2.05, 4.69) is 108 Å².